The molecule has 0 spiro atoms. The molecule has 0 bridgehead atoms. The molecule has 0 heterocycles. The zero-order chi connectivity index (χ0) is 18.8. The van der Waals surface area contributed by atoms with Crippen LogP contribution in [0.5, 0.6) is 0 Å². The van der Waals surface area contributed by atoms with Gasteiger partial charge in [0, 0.05) is 0 Å². The van der Waals surface area contributed by atoms with Gasteiger partial charge in [0.05, 0.1) is 0 Å². The molecule has 0 aromatic heterocycles. The van der Waals surface area contributed by atoms with Gasteiger partial charge in [0.1, 0.15) is 0 Å². The van der Waals surface area contributed by atoms with E-state index in [2.05, 4.69) is 80.6 Å². The molecule has 0 aliphatic rings. The summed E-state index contributed by atoms with van der Waals surface area (Å²) in [6.45, 7) is 9.27. The van der Waals surface area contributed by atoms with Crippen molar-refractivity contribution < 1.29 is 60.3 Å². The second kappa shape index (κ2) is 12.0. The van der Waals surface area contributed by atoms with Gasteiger partial charge in [-0.15, -0.1) is 0 Å². The Labute approximate surface area is 188 Å². The van der Waals surface area contributed by atoms with Crippen molar-refractivity contribution in [1.29, 1.82) is 0 Å². The van der Waals surface area contributed by atoms with Crippen molar-refractivity contribution in [2.75, 3.05) is 8.86 Å². The second-order valence-electron chi connectivity index (χ2n) is 6.62. The maximum atomic E-state index is 5.29. The van der Waals surface area contributed by atoms with E-state index in [4.69, 9.17) is 3.50 Å². The number of hydrogen-bond acceptors (Lipinski definition) is 1. The molecule has 2 aromatic carbocycles. The molecule has 0 saturated carbocycles. The molecule has 0 aliphatic heterocycles. The van der Waals surface area contributed by atoms with Crippen LogP contribution in [-0.2, 0) is 23.3 Å². The van der Waals surface area contributed by atoms with Gasteiger partial charge >= 0.3 is 190 Å². The molecule has 0 atom stereocenters. The fourth-order valence-electron chi connectivity index (χ4n) is 2.33. The van der Waals surface area contributed by atoms with Gasteiger partial charge in [-0.05, 0) is 0 Å². The molecule has 0 fully saturated rings. The molecule has 4 heteroatoms. The predicted molar refractivity (Wildman–Crippen MR) is 102 cm³/mol. The molecule has 144 valence electrons. The van der Waals surface area contributed by atoms with E-state index in [1.807, 2.05) is 0 Å². The third-order valence-electron chi connectivity index (χ3n) is 3.80. The van der Waals surface area contributed by atoms with E-state index in [1.54, 1.807) is 7.14 Å². The summed E-state index contributed by atoms with van der Waals surface area (Å²) < 4.78 is 13.8. The van der Waals surface area contributed by atoms with E-state index in [0.29, 0.717) is 0 Å². The molecule has 0 amide bonds. The molecular formula is C22H29I2NW-2. The first-order valence-corrected chi connectivity index (χ1v) is 17.4. The van der Waals surface area contributed by atoms with Crippen molar-refractivity contribution in [3.8, 4) is 0 Å². The Kier molecular flexibility index (Phi) is 10.4. The van der Waals surface area contributed by atoms with Gasteiger partial charge in [0.15, 0.2) is 0 Å². The van der Waals surface area contributed by atoms with Crippen LogP contribution in [0.15, 0.2) is 52.0 Å². The average molecular weight is 745 g/mol. The monoisotopic (exact) mass is 745 g/mol. The van der Waals surface area contributed by atoms with Gasteiger partial charge in [-0.2, -0.15) is 0 Å². The summed E-state index contributed by atoms with van der Waals surface area (Å²) in [7, 11) is 0. The van der Waals surface area contributed by atoms with Crippen LogP contribution in [0.2, 0.25) is 0 Å². The van der Waals surface area contributed by atoms with Crippen LogP contribution in [0, 0.1) is 7.14 Å². The van der Waals surface area contributed by atoms with Crippen molar-refractivity contribution in [3.05, 3.63) is 61.2 Å². The van der Waals surface area contributed by atoms with Gasteiger partial charge in [0.25, 0.3) is 0 Å². The fraction of sp³-hybridized carbons (Fsp3) is 0.409. The zero-order valence-corrected chi connectivity index (χ0v) is 23.4. The van der Waals surface area contributed by atoms with Crippen molar-refractivity contribution in [2.24, 2.45) is 3.50 Å². The topological polar surface area (TPSA) is 12.4 Å². The number of alkyl halides is 2. The van der Waals surface area contributed by atoms with E-state index in [9.17, 15) is 0 Å². The van der Waals surface area contributed by atoms with E-state index in [-0.39, 0.29) is 47.8 Å². The average Bonchev–Trinajstić information content (AvgIpc) is 2.66. The van der Waals surface area contributed by atoms with Gasteiger partial charge in [-0.1, -0.05) is 0 Å². The summed E-state index contributed by atoms with van der Waals surface area (Å²) in [4.78, 5) is 0. The van der Waals surface area contributed by atoms with Crippen LogP contribution in [0.3, 0.4) is 0 Å². The normalized spacial score (nSPS) is 11.5. The summed E-state index contributed by atoms with van der Waals surface area (Å²) in [6.07, 6.45) is 2.60. The minimum atomic E-state index is -0.868. The van der Waals surface area contributed by atoms with Crippen molar-refractivity contribution in [1.82, 2.24) is 0 Å². The molecule has 2 aromatic rings. The van der Waals surface area contributed by atoms with E-state index in [1.165, 1.54) is 32.9 Å². The first-order valence-electron chi connectivity index (χ1n) is 9.16. The van der Waals surface area contributed by atoms with Crippen molar-refractivity contribution in [3.63, 3.8) is 0 Å². The van der Waals surface area contributed by atoms with Crippen LogP contribution in [0.25, 0.3) is 0 Å². The molecule has 1 nitrogen and oxygen atoms in total. The first kappa shape index (κ1) is 22.5. The van der Waals surface area contributed by atoms with Gasteiger partial charge < -0.3 is 0 Å². The molecule has 26 heavy (non-hydrogen) atoms. The summed E-state index contributed by atoms with van der Waals surface area (Å²) in [5, 5.41) is 0. The third-order valence-corrected chi connectivity index (χ3v) is 14.0. The minimum absolute atomic E-state index is 0.118. The predicted octanol–water partition coefficient (Wildman–Crippen LogP) is -0.299. The SMILES string of the molecule is CCC[I-]c1cccc([I-]CCC)c1[N]=[W]=[CH]C(C)(C)c1ccccc1. The van der Waals surface area contributed by atoms with Gasteiger partial charge in [-0.3, -0.25) is 0 Å². The second-order valence-corrected chi connectivity index (χ2v) is 14.9. The Morgan fingerprint density at radius 3 is 2.00 bits per heavy atom. The van der Waals surface area contributed by atoms with Crippen molar-refractivity contribution >= 4 is 10.1 Å². The Morgan fingerprint density at radius 2 is 1.46 bits per heavy atom. The van der Waals surface area contributed by atoms with Crippen LogP contribution in [0.4, 0.5) is 5.69 Å². The first-order chi connectivity index (χ1) is 12.6. The van der Waals surface area contributed by atoms with E-state index in [0.717, 1.165) is 0 Å². The van der Waals surface area contributed by atoms with E-state index < -0.39 is 17.9 Å². The number of nitrogens with zero attached hydrogens (tertiary/aromatic N) is 1. The Balaban J connectivity index is 2.34. The third kappa shape index (κ3) is 7.01. The van der Waals surface area contributed by atoms with Gasteiger partial charge in [0.2, 0.25) is 0 Å². The van der Waals surface area contributed by atoms with Crippen LogP contribution < -0.4 is 42.4 Å². The zero-order valence-electron chi connectivity index (χ0n) is 16.1. The number of benzene rings is 2. The summed E-state index contributed by atoms with van der Waals surface area (Å²) in [5.41, 5.74) is 2.96. The Hall–Kier alpha value is 0.258. The maximum absolute atomic E-state index is 5.29. The van der Waals surface area contributed by atoms with Crippen LogP contribution >= 0.6 is 0 Å². The summed E-state index contributed by atoms with van der Waals surface area (Å²) in [5.74, 6) is 0. The molecule has 0 aliphatic carbocycles. The molecule has 0 unspecified atom stereocenters. The summed E-state index contributed by atoms with van der Waals surface area (Å²) >= 11 is -0.632. The molecular weight excluding hydrogens is 716 g/mol. The van der Waals surface area contributed by atoms with E-state index >= 15 is 0 Å². The van der Waals surface area contributed by atoms with Gasteiger partial charge in [-0.25, -0.2) is 0 Å². The standard InChI is InChI=1S/C12H17I2N.C10H12.W/c1-3-8-13-10-6-5-7-11(12(10)15)14-9-4-2;1-10(2,3)9-7-5-4-6-8-9;/h5-7H,3-4,8-9H2,1-2H3;1,4-8H,2-3H3;/q-2;;. The molecule has 2 rings (SSSR count). The number of hydrogen-bond donors (Lipinski definition) is 0. The Morgan fingerprint density at radius 1 is 0.885 bits per heavy atom. The quantitative estimate of drug-likeness (QED) is 0.248. The molecule has 0 radical (unpaired) electrons. The fourth-order valence-corrected chi connectivity index (χ4v) is 11.6. The van der Waals surface area contributed by atoms with Crippen LogP contribution in [0.1, 0.15) is 46.1 Å². The molecule has 0 N–H and O–H groups in total. The Bertz CT molecular complexity index is 724. The van der Waals surface area contributed by atoms with Crippen molar-refractivity contribution in [2.45, 2.75) is 46.0 Å². The molecule has 0 saturated heterocycles. The number of rotatable bonds is 9. The van der Waals surface area contributed by atoms with Crippen LogP contribution in [-0.4, -0.2) is 13.3 Å². The number of halogens is 2. The summed E-state index contributed by atoms with van der Waals surface area (Å²) in [6, 6.07) is 17.9.